The summed E-state index contributed by atoms with van der Waals surface area (Å²) < 4.78 is 26.9. The Morgan fingerprint density at radius 1 is 1.00 bits per heavy atom. The van der Waals surface area contributed by atoms with E-state index in [1.807, 2.05) is 18.2 Å². The zero-order valence-electron chi connectivity index (χ0n) is 10.3. The van der Waals surface area contributed by atoms with Crippen molar-refractivity contribution in [3.05, 3.63) is 71.3 Å². The molecule has 0 spiro atoms. The Balaban J connectivity index is 2.36. The van der Waals surface area contributed by atoms with Gasteiger partial charge < -0.3 is 10.8 Å². The van der Waals surface area contributed by atoms with Crippen LogP contribution in [0.5, 0.6) is 0 Å². The first kappa shape index (κ1) is 13.6. The summed E-state index contributed by atoms with van der Waals surface area (Å²) in [5.41, 5.74) is 6.38. The van der Waals surface area contributed by atoms with Gasteiger partial charge in [0.1, 0.15) is 0 Å². The fourth-order valence-corrected chi connectivity index (χ4v) is 2.11. The Kier molecular flexibility index (Phi) is 4.24. The minimum atomic E-state index is -1.18. The Morgan fingerprint density at radius 2 is 1.68 bits per heavy atom. The lowest BCUT2D eigenvalue weighted by atomic mass is 9.89. The van der Waals surface area contributed by atoms with Gasteiger partial charge in [-0.1, -0.05) is 42.5 Å². The molecule has 19 heavy (non-hydrogen) atoms. The zero-order chi connectivity index (χ0) is 13.8. The Labute approximate surface area is 110 Å². The summed E-state index contributed by atoms with van der Waals surface area (Å²) in [6.07, 6.45) is -1.18. The highest BCUT2D eigenvalue weighted by Gasteiger charge is 2.25. The highest BCUT2D eigenvalue weighted by molar-refractivity contribution is 5.28. The van der Waals surface area contributed by atoms with Crippen LogP contribution in [-0.4, -0.2) is 11.7 Å². The van der Waals surface area contributed by atoms with Crippen molar-refractivity contribution in [2.75, 3.05) is 6.54 Å². The largest absolute Gasteiger partial charge is 0.388 e. The first-order valence-corrected chi connectivity index (χ1v) is 6.02. The highest BCUT2D eigenvalue weighted by Crippen LogP contribution is 2.31. The standard InChI is InChI=1S/C15H15F2NO/c16-13-8-4-7-11(14(13)17)15(19)12(9-18)10-5-2-1-3-6-10/h1-8,12,15,19H,9,18H2. The second kappa shape index (κ2) is 5.91. The van der Waals surface area contributed by atoms with Crippen LogP contribution >= 0.6 is 0 Å². The van der Waals surface area contributed by atoms with E-state index in [1.54, 1.807) is 12.1 Å². The topological polar surface area (TPSA) is 46.2 Å². The smallest absolute Gasteiger partial charge is 0.164 e. The number of hydrogen-bond donors (Lipinski definition) is 2. The quantitative estimate of drug-likeness (QED) is 0.891. The maximum absolute atomic E-state index is 13.7. The molecule has 3 N–H and O–H groups in total. The van der Waals surface area contributed by atoms with Crippen LogP contribution in [0.3, 0.4) is 0 Å². The molecule has 4 heteroatoms. The minimum absolute atomic E-state index is 0.0701. The molecule has 0 aliphatic carbocycles. The van der Waals surface area contributed by atoms with E-state index in [2.05, 4.69) is 0 Å². The summed E-state index contributed by atoms with van der Waals surface area (Å²) in [4.78, 5) is 0. The molecular formula is C15H15F2NO. The van der Waals surface area contributed by atoms with Crippen LogP contribution in [0.4, 0.5) is 8.78 Å². The summed E-state index contributed by atoms with van der Waals surface area (Å²) in [5.74, 6) is -2.47. The molecule has 0 aromatic heterocycles. The third-order valence-electron chi connectivity index (χ3n) is 3.16. The number of rotatable bonds is 4. The van der Waals surface area contributed by atoms with Gasteiger partial charge in [0.2, 0.25) is 0 Å². The average molecular weight is 263 g/mol. The molecule has 0 saturated heterocycles. The van der Waals surface area contributed by atoms with Crippen LogP contribution in [-0.2, 0) is 0 Å². The van der Waals surface area contributed by atoms with Crippen molar-refractivity contribution in [1.29, 1.82) is 0 Å². The first-order chi connectivity index (χ1) is 9.15. The molecule has 0 bridgehead atoms. The zero-order valence-corrected chi connectivity index (χ0v) is 10.3. The van der Waals surface area contributed by atoms with Crippen molar-refractivity contribution in [1.82, 2.24) is 0 Å². The maximum Gasteiger partial charge on any atom is 0.164 e. The molecule has 2 nitrogen and oxygen atoms in total. The molecule has 0 fully saturated rings. The lowest BCUT2D eigenvalue weighted by Crippen LogP contribution is -2.21. The number of benzene rings is 2. The molecule has 0 radical (unpaired) electrons. The molecular weight excluding hydrogens is 248 g/mol. The minimum Gasteiger partial charge on any atom is -0.388 e. The van der Waals surface area contributed by atoms with E-state index in [4.69, 9.17) is 5.73 Å². The predicted molar refractivity (Wildman–Crippen MR) is 69.6 cm³/mol. The predicted octanol–water partition coefficient (Wildman–Crippen LogP) is 2.74. The van der Waals surface area contributed by atoms with Gasteiger partial charge in [0.25, 0.3) is 0 Å². The molecule has 0 aliphatic rings. The molecule has 2 rings (SSSR count). The third kappa shape index (κ3) is 2.80. The van der Waals surface area contributed by atoms with Gasteiger partial charge in [-0.05, 0) is 11.6 Å². The molecule has 0 amide bonds. The number of halogens is 2. The SMILES string of the molecule is NCC(c1ccccc1)C(O)c1cccc(F)c1F. The van der Waals surface area contributed by atoms with Crippen LogP contribution in [0.25, 0.3) is 0 Å². The van der Waals surface area contributed by atoms with Gasteiger partial charge in [0, 0.05) is 18.0 Å². The van der Waals surface area contributed by atoms with Crippen LogP contribution in [0.2, 0.25) is 0 Å². The van der Waals surface area contributed by atoms with Crippen LogP contribution in [0.1, 0.15) is 23.1 Å². The number of aliphatic hydroxyl groups is 1. The average Bonchev–Trinajstić information content (AvgIpc) is 2.44. The second-order valence-corrected chi connectivity index (χ2v) is 4.34. The van der Waals surface area contributed by atoms with Crippen molar-refractivity contribution in [3.8, 4) is 0 Å². The molecule has 2 unspecified atom stereocenters. The Bertz CT molecular complexity index is 545. The summed E-state index contributed by atoms with van der Waals surface area (Å²) in [6, 6.07) is 12.8. The van der Waals surface area contributed by atoms with Crippen molar-refractivity contribution in [3.63, 3.8) is 0 Å². The molecule has 2 aromatic rings. The number of aliphatic hydroxyl groups excluding tert-OH is 1. The Morgan fingerprint density at radius 3 is 2.32 bits per heavy atom. The first-order valence-electron chi connectivity index (χ1n) is 6.02. The lowest BCUT2D eigenvalue weighted by molar-refractivity contribution is 0.142. The van der Waals surface area contributed by atoms with Gasteiger partial charge in [-0.25, -0.2) is 8.78 Å². The van der Waals surface area contributed by atoms with Crippen LogP contribution in [0, 0.1) is 11.6 Å². The van der Waals surface area contributed by atoms with E-state index in [-0.39, 0.29) is 12.1 Å². The van der Waals surface area contributed by atoms with Gasteiger partial charge in [0.05, 0.1) is 6.10 Å². The fourth-order valence-electron chi connectivity index (χ4n) is 2.11. The Hall–Kier alpha value is -1.78. The summed E-state index contributed by atoms with van der Waals surface area (Å²) in [7, 11) is 0. The van der Waals surface area contributed by atoms with Gasteiger partial charge in [-0.2, -0.15) is 0 Å². The van der Waals surface area contributed by atoms with E-state index >= 15 is 0 Å². The number of nitrogens with two attached hydrogens (primary N) is 1. The molecule has 100 valence electrons. The molecule has 0 saturated carbocycles. The van der Waals surface area contributed by atoms with E-state index in [1.165, 1.54) is 12.1 Å². The lowest BCUT2D eigenvalue weighted by Gasteiger charge is -2.22. The van der Waals surface area contributed by atoms with Crippen molar-refractivity contribution < 1.29 is 13.9 Å². The third-order valence-corrected chi connectivity index (χ3v) is 3.16. The normalized spacial score (nSPS) is 14.1. The fraction of sp³-hybridized carbons (Fsp3) is 0.200. The van der Waals surface area contributed by atoms with E-state index in [0.717, 1.165) is 11.6 Å². The van der Waals surface area contributed by atoms with E-state index < -0.39 is 23.7 Å². The summed E-state index contributed by atoms with van der Waals surface area (Å²) in [5, 5.41) is 10.3. The van der Waals surface area contributed by atoms with Crippen molar-refractivity contribution in [2.45, 2.75) is 12.0 Å². The van der Waals surface area contributed by atoms with Gasteiger partial charge in [-0.3, -0.25) is 0 Å². The number of hydrogen-bond acceptors (Lipinski definition) is 2. The monoisotopic (exact) mass is 263 g/mol. The van der Waals surface area contributed by atoms with Crippen LogP contribution < -0.4 is 5.73 Å². The van der Waals surface area contributed by atoms with Crippen LogP contribution in [0.15, 0.2) is 48.5 Å². The molecule has 0 heterocycles. The second-order valence-electron chi connectivity index (χ2n) is 4.34. The van der Waals surface area contributed by atoms with Crippen molar-refractivity contribution >= 4 is 0 Å². The van der Waals surface area contributed by atoms with Gasteiger partial charge >= 0.3 is 0 Å². The molecule has 0 aliphatic heterocycles. The summed E-state index contributed by atoms with van der Waals surface area (Å²) in [6.45, 7) is 0.140. The molecule has 2 aromatic carbocycles. The highest BCUT2D eigenvalue weighted by atomic mass is 19.2. The van der Waals surface area contributed by atoms with Gasteiger partial charge in [0.15, 0.2) is 11.6 Å². The van der Waals surface area contributed by atoms with E-state index in [9.17, 15) is 13.9 Å². The van der Waals surface area contributed by atoms with Gasteiger partial charge in [-0.15, -0.1) is 0 Å². The van der Waals surface area contributed by atoms with Crippen molar-refractivity contribution in [2.24, 2.45) is 5.73 Å². The van der Waals surface area contributed by atoms with E-state index in [0.29, 0.717) is 0 Å². The molecule has 2 atom stereocenters. The maximum atomic E-state index is 13.7. The summed E-state index contributed by atoms with van der Waals surface area (Å²) >= 11 is 0.